The molecule has 0 spiro atoms. The second-order valence-corrected chi connectivity index (χ2v) is 3.25. The molecule has 2 rings (SSSR count). The van der Waals surface area contributed by atoms with Crippen LogP contribution in [0.4, 0.5) is 5.82 Å². The third-order valence-corrected chi connectivity index (χ3v) is 2.22. The Morgan fingerprint density at radius 2 is 2.40 bits per heavy atom. The molecule has 0 saturated carbocycles. The molecule has 0 aliphatic heterocycles. The van der Waals surface area contributed by atoms with Crippen LogP contribution in [0.5, 0.6) is 0 Å². The first-order valence-electron chi connectivity index (χ1n) is 4.21. The molecule has 0 aliphatic carbocycles. The van der Waals surface area contributed by atoms with Gasteiger partial charge in [0.05, 0.1) is 18.0 Å². The Kier molecular flexibility index (Phi) is 2.47. The molecule has 15 heavy (non-hydrogen) atoms. The maximum absolute atomic E-state index is 11.6. The molecule has 2 heterocycles. The van der Waals surface area contributed by atoms with Crippen LogP contribution in [0.15, 0.2) is 29.0 Å². The molecule has 0 aromatic carbocycles. The number of anilines is 1. The molecule has 0 aliphatic rings. The van der Waals surface area contributed by atoms with E-state index in [1.807, 2.05) is 0 Å². The van der Waals surface area contributed by atoms with E-state index in [0.29, 0.717) is 11.4 Å². The maximum atomic E-state index is 11.6. The standard InChI is InChI=1S/C9H8ClN3O2/c1-13-7(2-4-11-13)12-9(14)6-3-5-15-8(6)10/h2-5H,1H3,(H,12,14). The Bertz CT molecular complexity index is 489. The summed E-state index contributed by atoms with van der Waals surface area (Å²) in [6, 6.07) is 3.19. The monoisotopic (exact) mass is 225 g/mol. The van der Waals surface area contributed by atoms with Gasteiger partial charge in [0.2, 0.25) is 5.22 Å². The fourth-order valence-corrected chi connectivity index (χ4v) is 1.34. The molecule has 2 aromatic rings. The van der Waals surface area contributed by atoms with Gasteiger partial charge in [0.1, 0.15) is 5.82 Å². The molecular weight excluding hydrogens is 218 g/mol. The Morgan fingerprint density at radius 1 is 1.60 bits per heavy atom. The van der Waals surface area contributed by atoms with Gasteiger partial charge in [-0.25, -0.2) is 0 Å². The van der Waals surface area contributed by atoms with Crippen LogP contribution in [0.1, 0.15) is 10.4 Å². The summed E-state index contributed by atoms with van der Waals surface area (Å²) in [6.07, 6.45) is 2.95. The van der Waals surface area contributed by atoms with Crippen molar-refractivity contribution in [2.24, 2.45) is 7.05 Å². The number of aromatic nitrogens is 2. The van der Waals surface area contributed by atoms with E-state index >= 15 is 0 Å². The lowest BCUT2D eigenvalue weighted by Crippen LogP contribution is -2.14. The number of carbonyl (C=O) groups is 1. The minimum atomic E-state index is -0.322. The van der Waals surface area contributed by atoms with Crippen LogP contribution in [0, 0.1) is 0 Å². The van der Waals surface area contributed by atoms with Crippen molar-refractivity contribution in [3.63, 3.8) is 0 Å². The van der Waals surface area contributed by atoms with E-state index in [-0.39, 0.29) is 11.1 Å². The number of hydrogen-bond acceptors (Lipinski definition) is 3. The summed E-state index contributed by atoms with van der Waals surface area (Å²) in [7, 11) is 1.73. The molecule has 6 heteroatoms. The van der Waals surface area contributed by atoms with E-state index in [0.717, 1.165) is 0 Å². The molecular formula is C9H8ClN3O2. The predicted octanol–water partition coefficient (Wildman–Crippen LogP) is 1.92. The van der Waals surface area contributed by atoms with Crippen LogP contribution >= 0.6 is 11.6 Å². The van der Waals surface area contributed by atoms with Gasteiger partial charge in [-0.3, -0.25) is 9.48 Å². The zero-order valence-electron chi connectivity index (χ0n) is 7.90. The average molecular weight is 226 g/mol. The van der Waals surface area contributed by atoms with Gasteiger partial charge in [0, 0.05) is 13.1 Å². The number of hydrogen-bond donors (Lipinski definition) is 1. The van der Waals surface area contributed by atoms with E-state index in [4.69, 9.17) is 16.0 Å². The van der Waals surface area contributed by atoms with Crippen LogP contribution in [-0.4, -0.2) is 15.7 Å². The van der Waals surface area contributed by atoms with Gasteiger partial charge in [-0.15, -0.1) is 0 Å². The van der Waals surface area contributed by atoms with Crippen molar-refractivity contribution < 1.29 is 9.21 Å². The molecule has 1 amide bonds. The highest BCUT2D eigenvalue weighted by molar-refractivity contribution is 6.32. The van der Waals surface area contributed by atoms with Gasteiger partial charge in [-0.1, -0.05) is 0 Å². The van der Waals surface area contributed by atoms with Crippen LogP contribution in [0.3, 0.4) is 0 Å². The minimum absolute atomic E-state index is 0.0784. The minimum Gasteiger partial charge on any atom is -0.452 e. The second-order valence-electron chi connectivity index (χ2n) is 2.90. The van der Waals surface area contributed by atoms with Gasteiger partial charge >= 0.3 is 0 Å². The normalized spacial score (nSPS) is 10.3. The van der Waals surface area contributed by atoms with Gasteiger partial charge in [0.15, 0.2) is 0 Å². The van der Waals surface area contributed by atoms with Crippen LogP contribution < -0.4 is 5.32 Å². The highest BCUT2D eigenvalue weighted by atomic mass is 35.5. The summed E-state index contributed by atoms with van der Waals surface area (Å²) in [5.74, 6) is 0.273. The first-order chi connectivity index (χ1) is 7.18. The molecule has 78 valence electrons. The topological polar surface area (TPSA) is 60.1 Å². The molecule has 0 unspecified atom stereocenters. The third-order valence-electron chi connectivity index (χ3n) is 1.93. The van der Waals surface area contributed by atoms with Crippen LogP contribution in [-0.2, 0) is 7.05 Å². The van der Waals surface area contributed by atoms with E-state index in [2.05, 4.69) is 10.4 Å². The van der Waals surface area contributed by atoms with Crippen molar-refractivity contribution in [2.45, 2.75) is 0 Å². The van der Waals surface area contributed by atoms with Crippen molar-refractivity contribution in [2.75, 3.05) is 5.32 Å². The molecule has 1 N–H and O–H groups in total. The van der Waals surface area contributed by atoms with E-state index in [1.54, 1.807) is 24.0 Å². The summed E-state index contributed by atoms with van der Waals surface area (Å²) in [6.45, 7) is 0. The Hall–Kier alpha value is -1.75. The second kappa shape index (κ2) is 3.78. The highest BCUT2D eigenvalue weighted by Crippen LogP contribution is 2.18. The molecule has 0 fully saturated rings. The number of carbonyl (C=O) groups excluding carboxylic acids is 1. The maximum Gasteiger partial charge on any atom is 0.261 e. The number of aryl methyl sites for hydroxylation is 1. The molecule has 0 saturated heterocycles. The van der Waals surface area contributed by atoms with E-state index in [1.165, 1.54) is 12.3 Å². The van der Waals surface area contributed by atoms with Crippen LogP contribution in [0.25, 0.3) is 0 Å². The highest BCUT2D eigenvalue weighted by Gasteiger charge is 2.13. The molecule has 0 bridgehead atoms. The summed E-state index contributed by atoms with van der Waals surface area (Å²) in [5, 5.41) is 6.65. The molecule has 0 radical (unpaired) electrons. The molecule has 0 atom stereocenters. The summed E-state index contributed by atoms with van der Waals surface area (Å²) < 4.78 is 6.36. The quantitative estimate of drug-likeness (QED) is 0.850. The largest absolute Gasteiger partial charge is 0.452 e. The average Bonchev–Trinajstić information content (AvgIpc) is 2.76. The van der Waals surface area contributed by atoms with Crippen molar-refractivity contribution in [1.82, 2.24) is 9.78 Å². The Labute approximate surface area is 90.6 Å². The van der Waals surface area contributed by atoms with E-state index in [9.17, 15) is 4.79 Å². The van der Waals surface area contributed by atoms with Gasteiger partial charge < -0.3 is 9.73 Å². The third kappa shape index (κ3) is 1.87. The smallest absolute Gasteiger partial charge is 0.261 e. The zero-order valence-corrected chi connectivity index (χ0v) is 8.65. The number of nitrogens with one attached hydrogen (secondary N) is 1. The zero-order chi connectivity index (χ0) is 10.8. The fraction of sp³-hybridized carbons (Fsp3) is 0.111. The van der Waals surface area contributed by atoms with Gasteiger partial charge in [-0.2, -0.15) is 5.10 Å². The lowest BCUT2D eigenvalue weighted by atomic mass is 10.3. The van der Waals surface area contributed by atoms with Gasteiger partial charge in [0.25, 0.3) is 5.91 Å². The fourth-order valence-electron chi connectivity index (χ4n) is 1.14. The number of nitrogens with zero attached hydrogens (tertiary/aromatic N) is 2. The number of furan rings is 1. The SMILES string of the molecule is Cn1nccc1NC(=O)c1ccoc1Cl. The lowest BCUT2D eigenvalue weighted by molar-refractivity contribution is 0.102. The van der Waals surface area contributed by atoms with Crippen molar-refractivity contribution >= 4 is 23.3 Å². The number of rotatable bonds is 2. The van der Waals surface area contributed by atoms with Gasteiger partial charge in [-0.05, 0) is 17.7 Å². The number of amides is 1. The molecule has 2 aromatic heterocycles. The van der Waals surface area contributed by atoms with Crippen molar-refractivity contribution in [3.8, 4) is 0 Å². The predicted molar refractivity (Wildman–Crippen MR) is 54.9 cm³/mol. The molecule has 5 nitrogen and oxygen atoms in total. The van der Waals surface area contributed by atoms with E-state index < -0.39 is 0 Å². The number of halogens is 1. The Balaban J connectivity index is 2.18. The van der Waals surface area contributed by atoms with Crippen LogP contribution in [0.2, 0.25) is 5.22 Å². The summed E-state index contributed by atoms with van der Waals surface area (Å²) >= 11 is 5.66. The first-order valence-corrected chi connectivity index (χ1v) is 4.58. The van der Waals surface area contributed by atoms with Crippen molar-refractivity contribution in [1.29, 1.82) is 0 Å². The Morgan fingerprint density at radius 3 is 2.93 bits per heavy atom. The lowest BCUT2D eigenvalue weighted by Gasteiger charge is -2.03. The summed E-state index contributed by atoms with van der Waals surface area (Å²) in [5.41, 5.74) is 0.304. The summed E-state index contributed by atoms with van der Waals surface area (Å²) in [4.78, 5) is 11.6. The first kappa shape index (κ1) is 9.79. The van der Waals surface area contributed by atoms with Crippen molar-refractivity contribution in [3.05, 3.63) is 35.4 Å².